The number of rotatable bonds is 7. The van der Waals surface area contributed by atoms with Crippen molar-refractivity contribution in [3.63, 3.8) is 0 Å². The maximum Gasteiger partial charge on any atom is 0.253 e. The number of hydrogen-bond acceptors (Lipinski definition) is 2. The summed E-state index contributed by atoms with van der Waals surface area (Å²) in [6.07, 6.45) is 1.34. The Morgan fingerprint density at radius 3 is 2.00 bits per heavy atom. The molecule has 136 valence electrons. The average Bonchev–Trinajstić information content (AvgIpc) is 2.56. The Hall–Kier alpha value is -1.84. The lowest BCUT2D eigenvalue weighted by Gasteiger charge is -2.19. The van der Waals surface area contributed by atoms with Crippen LogP contribution in [0, 0.1) is 5.92 Å². The van der Waals surface area contributed by atoms with Crippen LogP contribution < -0.4 is 0 Å². The van der Waals surface area contributed by atoms with Crippen LogP contribution >= 0.6 is 0 Å². The number of carbonyl (C=O) groups is 2. The van der Waals surface area contributed by atoms with Crippen molar-refractivity contribution in [1.29, 1.82) is 0 Å². The van der Waals surface area contributed by atoms with Crippen molar-refractivity contribution >= 4 is 11.8 Å². The van der Waals surface area contributed by atoms with Crippen LogP contribution in [0.15, 0.2) is 24.3 Å². The minimum Gasteiger partial charge on any atom is -0.345 e. The van der Waals surface area contributed by atoms with E-state index in [9.17, 15) is 9.59 Å². The summed E-state index contributed by atoms with van der Waals surface area (Å²) in [5.74, 6) is 0.576. The Bertz CT molecular complexity index is 495. The Labute approximate surface area is 147 Å². The number of hydrogen-bond donors (Lipinski definition) is 0. The molecule has 0 heterocycles. The van der Waals surface area contributed by atoms with Gasteiger partial charge in [-0.2, -0.15) is 0 Å². The number of carbonyl (C=O) groups excluding carboxylic acids is 2. The van der Waals surface area contributed by atoms with E-state index in [-0.39, 0.29) is 11.8 Å². The smallest absolute Gasteiger partial charge is 0.253 e. The number of amides is 2. The molecule has 4 heteroatoms. The van der Waals surface area contributed by atoms with Gasteiger partial charge in [0.15, 0.2) is 0 Å². The summed E-state index contributed by atoms with van der Waals surface area (Å²) in [4.78, 5) is 27.7. The van der Waals surface area contributed by atoms with Crippen LogP contribution in [0.3, 0.4) is 0 Å². The maximum absolute atomic E-state index is 12.3. The van der Waals surface area contributed by atoms with E-state index in [0.29, 0.717) is 17.9 Å². The summed E-state index contributed by atoms with van der Waals surface area (Å²) < 4.78 is 0. The molecule has 0 aliphatic heterocycles. The van der Waals surface area contributed by atoms with Crippen LogP contribution in [0.25, 0.3) is 0 Å². The first-order valence-corrected chi connectivity index (χ1v) is 8.93. The number of nitrogens with zero attached hydrogens (tertiary/aromatic N) is 2. The highest BCUT2D eigenvalue weighted by Crippen LogP contribution is 2.10. The predicted octanol–water partition coefficient (Wildman–Crippen LogP) is 3.85. The summed E-state index contributed by atoms with van der Waals surface area (Å²) in [6.45, 7) is 11.7. The van der Waals surface area contributed by atoms with E-state index in [1.54, 1.807) is 9.80 Å². The molecule has 1 aromatic rings. The Morgan fingerprint density at radius 1 is 1.00 bits per heavy atom. The second-order valence-corrected chi connectivity index (χ2v) is 6.27. The van der Waals surface area contributed by atoms with Crippen molar-refractivity contribution in [2.24, 2.45) is 5.92 Å². The van der Waals surface area contributed by atoms with Crippen LogP contribution in [-0.2, 0) is 11.2 Å². The van der Waals surface area contributed by atoms with E-state index in [1.165, 1.54) is 0 Å². The third-order valence-electron chi connectivity index (χ3n) is 3.53. The highest BCUT2D eigenvalue weighted by atomic mass is 16.2. The normalized spacial score (nSPS) is 10.0. The lowest BCUT2D eigenvalue weighted by Crippen LogP contribution is -2.30. The van der Waals surface area contributed by atoms with Gasteiger partial charge in [0.05, 0.1) is 6.42 Å². The van der Waals surface area contributed by atoms with Crippen LogP contribution in [0.2, 0.25) is 0 Å². The molecule has 1 rings (SSSR count). The molecule has 0 aromatic heterocycles. The Morgan fingerprint density at radius 2 is 1.54 bits per heavy atom. The van der Waals surface area contributed by atoms with E-state index in [4.69, 9.17) is 0 Å². The van der Waals surface area contributed by atoms with Gasteiger partial charge in [0.25, 0.3) is 5.91 Å². The largest absolute Gasteiger partial charge is 0.345 e. The molecule has 0 aliphatic carbocycles. The molecule has 0 atom stereocenters. The summed E-state index contributed by atoms with van der Waals surface area (Å²) in [5.41, 5.74) is 1.61. The fourth-order valence-corrected chi connectivity index (χ4v) is 2.39. The van der Waals surface area contributed by atoms with E-state index in [2.05, 4.69) is 20.8 Å². The van der Waals surface area contributed by atoms with Crippen LogP contribution in [0.1, 0.15) is 57.0 Å². The first-order chi connectivity index (χ1) is 11.3. The molecule has 0 spiro atoms. The van der Waals surface area contributed by atoms with Gasteiger partial charge in [-0.1, -0.05) is 46.8 Å². The predicted molar refractivity (Wildman–Crippen MR) is 101 cm³/mol. The second-order valence-electron chi connectivity index (χ2n) is 6.27. The van der Waals surface area contributed by atoms with Crippen molar-refractivity contribution in [3.05, 3.63) is 35.4 Å². The molecule has 0 aliphatic rings. The zero-order chi connectivity index (χ0) is 18.7. The Balaban J connectivity index is 0.00000254. The SMILES string of the molecule is CC.CCCN(C)C(=O)Cc1ccc(C(=O)N(C)CC(C)C)cc1. The monoisotopic (exact) mass is 334 g/mol. The molecular formula is C20H34N2O2. The molecule has 0 bridgehead atoms. The molecule has 0 saturated heterocycles. The number of likely N-dealkylation sites (N-methyl/N-ethyl adjacent to an activating group) is 1. The summed E-state index contributed by atoms with van der Waals surface area (Å²) in [6, 6.07) is 7.35. The molecule has 0 fully saturated rings. The molecule has 0 N–H and O–H groups in total. The first-order valence-electron chi connectivity index (χ1n) is 8.93. The minimum atomic E-state index is 0.0228. The molecule has 0 saturated carbocycles. The fraction of sp³-hybridized carbons (Fsp3) is 0.600. The van der Waals surface area contributed by atoms with Crippen molar-refractivity contribution < 1.29 is 9.59 Å². The highest BCUT2D eigenvalue weighted by molar-refractivity contribution is 5.94. The van der Waals surface area contributed by atoms with Gasteiger partial charge < -0.3 is 9.80 Å². The minimum absolute atomic E-state index is 0.0228. The van der Waals surface area contributed by atoms with Gasteiger partial charge in [-0.15, -0.1) is 0 Å². The first kappa shape index (κ1) is 22.2. The topological polar surface area (TPSA) is 40.6 Å². The Kier molecular flexibility index (Phi) is 10.8. The van der Waals surface area contributed by atoms with Crippen molar-refractivity contribution in [1.82, 2.24) is 9.80 Å². The van der Waals surface area contributed by atoms with Crippen molar-refractivity contribution in [3.8, 4) is 0 Å². The summed E-state index contributed by atoms with van der Waals surface area (Å²) in [5, 5.41) is 0. The highest BCUT2D eigenvalue weighted by Gasteiger charge is 2.13. The van der Waals surface area contributed by atoms with E-state index in [1.807, 2.05) is 52.2 Å². The molecule has 0 unspecified atom stereocenters. The second kappa shape index (κ2) is 11.7. The lowest BCUT2D eigenvalue weighted by molar-refractivity contribution is -0.129. The quantitative estimate of drug-likeness (QED) is 0.760. The van der Waals surface area contributed by atoms with Gasteiger partial charge >= 0.3 is 0 Å². The van der Waals surface area contributed by atoms with E-state index >= 15 is 0 Å². The fourth-order valence-electron chi connectivity index (χ4n) is 2.39. The van der Waals surface area contributed by atoms with Crippen molar-refractivity contribution in [2.45, 2.75) is 47.5 Å². The maximum atomic E-state index is 12.3. The molecule has 24 heavy (non-hydrogen) atoms. The van der Waals surface area contributed by atoms with Gasteiger partial charge in [-0.05, 0) is 30.0 Å². The van der Waals surface area contributed by atoms with Crippen LogP contribution in [-0.4, -0.2) is 48.8 Å². The van der Waals surface area contributed by atoms with E-state index in [0.717, 1.165) is 25.1 Å². The molecule has 2 amide bonds. The van der Waals surface area contributed by atoms with Gasteiger partial charge in [0.1, 0.15) is 0 Å². The third-order valence-corrected chi connectivity index (χ3v) is 3.53. The van der Waals surface area contributed by atoms with Crippen LogP contribution in [0.4, 0.5) is 0 Å². The lowest BCUT2D eigenvalue weighted by atomic mass is 10.1. The van der Waals surface area contributed by atoms with E-state index < -0.39 is 0 Å². The van der Waals surface area contributed by atoms with Gasteiger partial charge in [-0.25, -0.2) is 0 Å². The van der Waals surface area contributed by atoms with Crippen LogP contribution in [0.5, 0.6) is 0 Å². The molecular weight excluding hydrogens is 300 g/mol. The third kappa shape index (κ3) is 7.62. The zero-order valence-corrected chi connectivity index (χ0v) is 16.4. The van der Waals surface area contributed by atoms with Gasteiger partial charge in [0.2, 0.25) is 5.91 Å². The average molecular weight is 335 g/mol. The molecule has 0 radical (unpaired) electrons. The molecule has 1 aromatic carbocycles. The molecule has 4 nitrogen and oxygen atoms in total. The number of benzene rings is 1. The van der Waals surface area contributed by atoms with Gasteiger partial charge in [0, 0.05) is 32.7 Å². The zero-order valence-electron chi connectivity index (χ0n) is 16.4. The summed E-state index contributed by atoms with van der Waals surface area (Å²) in [7, 11) is 3.64. The summed E-state index contributed by atoms with van der Waals surface area (Å²) >= 11 is 0. The van der Waals surface area contributed by atoms with Crippen molar-refractivity contribution in [2.75, 3.05) is 27.2 Å². The van der Waals surface area contributed by atoms with Gasteiger partial charge in [-0.3, -0.25) is 9.59 Å². The standard InChI is InChI=1S/C18H28N2O2.C2H6/c1-6-11-19(4)17(21)12-15-7-9-16(10-8-15)18(22)20(5)13-14(2)3;1-2/h7-10,14H,6,11-13H2,1-5H3;1-2H3.